The number of hydrogen-bond donors (Lipinski definition) is 1. The van der Waals surface area contributed by atoms with E-state index in [-0.39, 0.29) is 6.01 Å². The summed E-state index contributed by atoms with van der Waals surface area (Å²) < 4.78 is 7.56. The van der Waals surface area contributed by atoms with Crippen molar-refractivity contribution in [2.24, 2.45) is 0 Å². The maximum absolute atomic E-state index is 6.15. The van der Waals surface area contributed by atoms with E-state index in [9.17, 15) is 0 Å². The van der Waals surface area contributed by atoms with Crippen LogP contribution in [0.4, 0.5) is 11.6 Å². The monoisotopic (exact) mass is 457 g/mol. The summed E-state index contributed by atoms with van der Waals surface area (Å²) in [4.78, 5) is 15.9. The second kappa shape index (κ2) is 10.1. The summed E-state index contributed by atoms with van der Waals surface area (Å²) in [5.41, 5.74) is 11.2. The first-order chi connectivity index (χ1) is 16.7. The van der Waals surface area contributed by atoms with Crippen LogP contribution >= 0.6 is 0 Å². The highest BCUT2D eigenvalue weighted by atomic mass is 16.5. The fourth-order valence-corrected chi connectivity index (χ4v) is 4.56. The molecule has 1 aliphatic heterocycles. The SMILES string of the molecule is Cc1cc(Cc2cnc3c(N)nc(OCCCc4ccccc4)nn23)cnc1N1CCCCC1. The average molecular weight is 458 g/mol. The van der Waals surface area contributed by atoms with Gasteiger partial charge >= 0.3 is 6.01 Å². The van der Waals surface area contributed by atoms with Crippen molar-refractivity contribution in [2.75, 3.05) is 30.3 Å². The lowest BCUT2D eigenvalue weighted by atomic mass is 10.1. The van der Waals surface area contributed by atoms with Crippen LogP contribution in [0.1, 0.15) is 48.1 Å². The molecule has 0 unspecified atom stereocenters. The second-order valence-corrected chi connectivity index (χ2v) is 8.91. The Hall–Kier alpha value is -3.68. The summed E-state index contributed by atoms with van der Waals surface area (Å²) in [6, 6.07) is 12.8. The molecule has 0 aliphatic carbocycles. The zero-order chi connectivity index (χ0) is 23.3. The van der Waals surface area contributed by atoms with Gasteiger partial charge in [0.15, 0.2) is 11.5 Å². The molecule has 1 saturated heterocycles. The molecule has 5 rings (SSSR count). The molecular weight excluding hydrogens is 426 g/mol. The van der Waals surface area contributed by atoms with Gasteiger partial charge in [0.05, 0.1) is 18.5 Å². The Kier molecular flexibility index (Phi) is 6.56. The second-order valence-electron chi connectivity index (χ2n) is 8.91. The Morgan fingerprint density at radius 1 is 1.00 bits per heavy atom. The molecule has 8 heteroatoms. The zero-order valence-corrected chi connectivity index (χ0v) is 19.7. The Bertz CT molecular complexity index is 1250. The Morgan fingerprint density at radius 2 is 1.82 bits per heavy atom. The van der Waals surface area contributed by atoms with E-state index in [1.807, 2.05) is 24.4 Å². The third kappa shape index (κ3) is 4.95. The number of nitrogens with zero attached hydrogens (tertiary/aromatic N) is 6. The molecule has 0 bridgehead atoms. The number of fused-ring (bicyclic) bond motifs is 1. The van der Waals surface area contributed by atoms with Crippen LogP contribution in [-0.4, -0.2) is 44.3 Å². The summed E-state index contributed by atoms with van der Waals surface area (Å²) in [7, 11) is 0. The number of pyridine rings is 1. The van der Waals surface area contributed by atoms with Gasteiger partial charge < -0.3 is 15.4 Å². The number of rotatable bonds is 8. The van der Waals surface area contributed by atoms with Crippen molar-refractivity contribution < 1.29 is 4.74 Å². The third-order valence-corrected chi connectivity index (χ3v) is 6.27. The number of piperidine rings is 1. The van der Waals surface area contributed by atoms with Crippen LogP contribution in [0.15, 0.2) is 48.8 Å². The number of nitrogen functional groups attached to an aromatic ring is 1. The van der Waals surface area contributed by atoms with Gasteiger partial charge in [-0.1, -0.05) is 36.4 Å². The number of benzene rings is 1. The van der Waals surface area contributed by atoms with Crippen molar-refractivity contribution in [3.05, 3.63) is 71.2 Å². The highest BCUT2D eigenvalue weighted by Crippen LogP contribution is 2.23. The van der Waals surface area contributed by atoms with Crippen molar-refractivity contribution in [2.45, 2.75) is 45.4 Å². The molecule has 0 radical (unpaired) electrons. The predicted molar refractivity (Wildman–Crippen MR) is 133 cm³/mol. The Morgan fingerprint density at radius 3 is 2.62 bits per heavy atom. The van der Waals surface area contributed by atoms with Crippen LogP contribution in [0.25, 0.3) is 5.65 Å². The smallest absolute Gasteiger partial charge is 0.336 e. The highest BCUT2D eigenvalue weighted by Gasteiger charge is 2.16. The minimum absolute atomic E-state index is 0.270. The molecule has 8 nitrogen and oxygen atoms in total. The van der Waals surface area contributed by atoms with Crippen molar-refractivity contribution in [1.82, 2.24) is 24.6 Å². The fraction of sp³-hybridized carbons (Fsp3) is 0.385. The van der Waals surface area contributed by atoms with Gasteiger partial charge in [-0.3, -0.25) is 0 Å². The van der Waals surface area contributed by atoms with E-state index in [2.05, 4.69) is 45.1 Å². The van der Waals surface area contributed by atoms with Crippen molar-refractivity contribution in [3.63, 3.8) is 0 Å². The molecule has 1 aromatic carbocycles. The lowest BCUT2D eigenvalue weighted by molar-refractivity contribution is 0.282. The van der Waals surface area contributed by atoms with Crippen molar-refractivity contribution in [1.29, 1.82) is 0 Å². The molecule has 2 N–H and O–H groups in total. The van der Waals surface area contributed by atoms with Crippen LogP contribution in [0.5, 0.6) is 6.01 Å². The van der Waals surface area contributed by atoms with E-state index in [0.29, 0.717) is 24.5 Å². The number of anilines is 2. The summed E-state index contributed by atoms with van der Waals surface area (Å²) in [6.45, 7) is 4.83. The molecule has 0 amide bonds. The first kappa shape index (κ1) is 22.1. The molecule has 0 saturated carbocycles. The van der Waals surface area contributed by atoms with E-state index in [4.69, 9.17) is 15.5 Å². The average Bonchev–Trinajstić information content (AvgIpc) is 3.26. The number of aromatic nitrogens is 5. The Balaban J connectivity index is 1.28. The van der Waals surface area contributed by atoms with Crippen LogP contribution in [0.3, 0.4) is 0 Å². The minimum atomic E-state index is 0.270. The van der Waals surface area contributed by atoms with Gasteiger partial charge in [0.25, 0.3) is 0 Å². The molecular formula is C26H31N7O. The molecule has 34 heavy (non-hydrogen) atoms. The lowest BCUT2D eigenvalue weighted by Crippen LogP contribution is -2.30. The first-order valence-corrected chi connectivity index (χ1v) is 12.0. The highest BCUT2D eigenvalue weighted by molar-refractivity contribution is 5.60. The fourth-order valence-electron chi connectivity index (χ4n) is 4.56. The van der Waals surface area contributed by atoms with Crippen molar-refractivity contribution in [3.8, 4) is 6.01 Å². The number of imidazole rings is 1. The van der Waals surface area contributed by atoms with E-state index < -0.39 is 0 Å². The maximum atomic E-state index is 6.15. The number of ether oxygens (including phenoxy) is 1. The number of aryl methyl sites for hydroxylation is 2. The van der Waals surface area contributed by atoms with E-state index in [0.717, 1.165) is 43.0 Å². The summed E-state index contributed by atoms with van der Waals surface area (Å²) in [5, 5.41) is 4.56. The predicted octanol–water partition coefficient (Wildman–Crippen LogP) is 4.00. The van der Waals surface area contributed by atoms with Gasteiger partial charge in [0.1, 0.15) is 5.82 Å². The molecule has 1 fully saturated rings. The van der Waals surface area contributed by atoms with Crippen molar-refractivity contribution >= 4 is 17.3 Å². The minimum Gasteiger partial charge on any atom is -0.462 e. The van der Waals surface area contributed by atoms with Crippen LogP contribution in [0, 0.1) is 6.92 Å². The van der Waals surface area contributed by atoms with Crippen LogP contribution < -0.4 is 15.4 Å². The van der Waals surface area contributed by atoms with Gasteiger partial charge in [-0.05, 0) is 55.7 Å². The number of nitrogens with two attached hydrogens (primary N) is 1. The van der Waals surface area contributed by atoms with E-state index in [1.165, 1.54) is 30.4 Å². The van der Waals surface area contributed by atoms with E-state index >= 15 is 0 Å². The third-order valence-electron chi connectivity index (χ3n) is 6.27. The molecule has 176 valence electrons. The molecule has 0 atom stereocenters. The standard InChI is InChI=1S/C26H31N7O/c1-19-15-21(17-28-24(19)32-12-6-3-7-13-32)16-22-18-29-25-23(27)30-26(31-33(22)25)34-14-8-11-20-9-4-2-5-10-20/h2,4-5,9-10,15,17-18H,3,6-8,11-14,16H2,1H3,(H2,27,30,31). The van der Waals surface area contributed by atoms with Crippen LogP contribution in [0.2, 0.25) is 0 Å². The molecule has 4 heterocycles. The topological polar surface area (TPSA) is 94.5 Å². The Labute approximate surface area is 199 Å². The first-order valence-electron chi connectivity index (χ1n) is 12.0. The molecule has 1 aliphatic rings. The zero-order valence-electron chi connectivity index (χ0n) is 19.7. The summed E-state index contributed by atoms with van der Waals surface area (Å²) in [6.07, 6.45) is 10.0. The number of hydrogen-bond acceptors (Lipinski definition) is 7. The largest absolute Gasteiger partial charge is 0.462 e. The maximum Gasteiger partial charge on any atom is 0.336 e. The summed E-state index contributed by atoms with van der Waals surface area (Å²) in [5.74, 6) is 1.41. The quantitative estimate of drug-likeness (QED) is 0.400. The normalized spacial score (nSPS) is 14.0. The summed E-state index contributed by atoms with van der Waals surface area (Å²) >= 11 is 0. The molecule has 0 spiro atoms. The lowest BCUT2D eigenvalue weighted by Gasteiger charge is -2.29. The van der Waals surface area contributed by atoms with Gasteiger partial charge in [0, 0.05) is 25.7 Å². The van der Waals surface area contributed by atoms with Gasteiger partial charge in [-0.2, -0.15) is 4.98 Å². The van der Waals surface area contributed by atoms with Gasteiger partial charge in [-0.25, -0.2) is 14.5 Å². The van der Waals surface area contributed by atoms with E-state index in [1.54, 1.807) is 10.7 Å². The molecule has 4 aromatic rings. The molecule has 3 aromatic heterocycles. The van der Waals surface area contributed by atoms with Gasteiger partial charge in [-0.15, -0.1) is 5.10 Å². The van der Waals surface area contributed by atoms with Gasteiger partial charge in [0.2, 0.25) is 0 Å². The van der Waals surface area contributed by atoms with Crippen LogP contribution in [-0.2, 0) is 12.8 Å².